The van der Waals surface area contributed by atoms with Crippen molar-refractivity contribution in [2.75, 3.05) is 0 Å². The molecule has 0 radical (unpaired) electrons. The molecule has 0 aromatic heterocycles. The largest absolute Gasteiger partial charge is 0.507 e. The van der Waals surface area contributed by atoms with Crippen molar-refractivity contribution in [3.63, 3.8) is 0 Å². The molecule has 0 heterocycles. The Morgan fingerprint density at radius 3 is 1.78 bits per heavy atom. The SMILES string of the molecule is O=I(=O)c1c(O)cc(S(=O)(=O)O)cc1S(=O)(=O)O. The average Bonchev–Trinajstić information content (AvgIpc) is 2.12. The van der Waals surface area contributed by atoms with E-state index in [4.69, 9.17) is 9.11 Å². The Balaban J connectivity index is 3.92. The van der Waals surface area contributed by atoms with Gasteiger partial charge in [0.2, 0.25) is 0 Å². The minimum absolute atomic E-state index is 0.236. The monoisotopic (exact) mass is 412 g/mol. The van der Waals surface area contributed by atoms with Crippen LogP contribution in [0.15, 0.2) is 21.9 Å². The molecule has 0 fully saturated rings. The van der Waals surface area contributed by atoms with Crippen LogP contribution >= 0.6 is 19.8 Å². The van der Waals surface area contributed by atoms with Crippen molar-refractivity contribution >= 4 is 40.0 Å². The Labute approximate surface area is 108 Å². The van der Waals surface area contributed by atoms with E-state index in [1.165, 1.54) is 0 Å². The van der Waals surface area contributed by atoms with Gasteiger partial charge < -0.3 is 5.11 Å². The first kappa shape index (κ1) is 15.2. The van der Waals surface area contributed by atoms with Gasteiger partial charge in [0.15, 0.2) is 0 Å². The first-order chi connectivity index (χ1) is 7.94. The molecule has 0 saturated heterocycles. The van der Waals surface area contributed by atoms with E-state index in [0.717, 1.165) is 0 Å². The second-order valence-electron chi connectivity index (χ2n) is 2.92. The zero-order valence-electron chi connectivity index (χ0n) is 8.14. The second-order valence-corrected chi connectivity index (χ2v) is 8.05. The van der Waals surface area contributed by atoms with Crippen LogP contribution in [0.1, 0.15) is 0 Å². The smallest absolute Gasteiger partial charge is 0.346 e. The molecule has 0 unspecified atom stereocenters. The molecule has 1 rings (SSSR count). The third-order valence-corrected chi connectivity index (χ3v) is 5.81. The van der Waals surface area contributed by atoms with Crippen molar-refractivity contribution in [1.82, 2.24) is 0 Å². The van der Waals surface area contributed by atoms with Crippen molar-refractivity contribution in [1.29, 1.82) is 0 Å². The molecular formula is C6H5IO9S2. The zero-order valence-corrected chi connectivity index (χ0v) is 11.9. The zero-order chi connectivity index (χ0) is 14.3. The number of phenolic OH excluding ortho intramolecular Hbond substituents is 1. The van der Waals surface area contributed by atoms with Crippen LogP contribution in [-0.4, -0.2) is 31.0 Å². The first-order valence-electron chi connectivity index (χ1n) is 3.82. The van der Waals surface area contributed by atoms with E-state index in [9.17, 15) is 28.1 Å². The lowest BCUT2D eigenvalue weighted by Crippen LogP contribution is -2.06. The highest BCUT2D eigenvalue weighted by atomic mass is 127. The fourth-order valence-electron chi connectivity index (χ4n) is 1.05. The standard InChI is InChI=1S/C6H5IO9S2/c8-4-1-3(17(11,12)13)2-5(18(14,15)16)6(4)7(9)10/h1-2,8H,(H,11,12,13)(H,14,15,16). The van der Waals surface area contributed by atoms with Crippen LogP contribution < -0.4 is 0 Å². The van der Waals surface area contributed by atoms with Crippen LogP contribution in [-0.2, 0) is 26.4 Å². The summed E-state index contributed by atoms with van der Waals surface area (Å²) in [5.41, 5.74) is 0. The van der Waals surface area contributed by atoms with Crippen LogP contribution in [0.2, 0.25) is 0 Å². The fourth-order valence-corrected chi connectivity index (χ4v) is 4.71. The number of hydrogen-bond donors (Lipinski definition) is 3. The lowest BCUT2D eigenvalue weighted by Gasteiger charge is -2.05. The summed E-state index contributed by atoms with van der Waals surface area (Å²) in [7, 11) is -9.95. The van der Waals surface area contributed by atoms with Gasteiger partial charge in [-0.2, -0.15) is 16.8 Å². The lowest BCUT2D eigenvalue weighted by atomic mass is 10.3. The summed E-state index contributed by atoms with van der Waals surface area (Å²) < 4.78 is 81.4. The molecule has 0 aliphatic rings. The number of hydrogen-bond acceptors (Lipinski definition) is 7. The van der Waals surface area contributed by atoms with E-state index in [1.54, 1.807) is 0 Å². The number of aromatic hydroxyl groups is 1. The third kappa shape index (κ3) is 3.14. The van der Waals surface area contributed by atoms with E-state index < -0.39 is 59.1 Å². The molecule has 18 heavy (non-hydrogen) atoms. The molecule has 9 nitrogen and oxygen atoms in total. The maximum Gasteiger partial charge on any atom is 0.346 e. The molecule has 0 aliphatic heterocycles. The Bertz CT molecular complexity index is 764. The maximum atomic E-state index is 10.9. The molecule has 0 saturated carbocycles. The summed E-state index contributed by atoms with van der Waals surface area (Å²) in [6.45, 7) is 0. The van der Waals surface area contributed by atoms with Crippen molar-refractivity contribution in [2.24, 2.45) is 0 Å². The van der Waals surface area contributed by atoms with Gasteiger partial charge in [0.25, 0.3) is 20.2 Å². The van der Waals surface area contributed by atoms with Gasteiger partial charge in [-0.25, -0.2) is 6.14 Å². The minimum Gasteiger partial charge on any atom is -0.507 e. The molecule has 0 atom stereocenters. The van der Waals surface area contributed by atoms with Crippen molar-refractivity contribution in [3.05, 3.63) is 15.7 Å². The summed E-state index contributed by atoms with van der Waals surface area (Å²) in [5, 5.41) is 9.26. The van der Waals surface area contributed by atoms with Gasteiger partial charge in [0.05, 0.1) is 4.90 Å². The summed E-state index contributed by atoms with van der Waals surface area (Å²) in [6, 6.07) is 0.597. The summed E-state index contributed by atoms with van der Waals surface area (Å²) in [5.74, 6) is -1.19. The van der Waals surface area contributed by atoms with E-state index in [2.05, 4.69) is 0 Å². The molecule has 12 heteroatoms. The molecular weight excluding hydrogens is 407 g/mol. The number of halogens is 1. The number of phenols is 1. The van der Waals surface area contributed by atoms with Gasteiger partial charge in [-0.15, -0.1) is 0 Å². The van der Waals surface area contributed by atoms with Gasteiger partial charge in [-0.05, 0) is 6.07 Å². The molecule has 1 aromatic rings. The minimum atomic E-state index is -5.08. The maximum absolute atomic E-state index is 10.9. The van der Waals surface area contributed by atoms with Gasteiger partial charge in [0.1, 0.15) is 14.2 Å². The number of rotatable bonds is 3. The van der Waals surface area contributed by atoms with Crippen LogP contribution in [0.4, 0.5) is 0 Å². The predicted octanol–water partition coefficient (Wildman–Crippen LogP) is 0.253. The summed E-state index contributed by atoms with van der Waals surface area (Å²) in [4.78, 5) is -2.36. The van der Waals surface area contributed by atoms with Gasteiger partial charge in [0, 0.05) is 6.07 Å². The molecule has 102 valence electrons. The molecule has 0 amide bonds. The Hall–Kier alpha value is -0.830. The average molecular weight is 412 g/mol. The quantitative estimate of drug-likeness (QED) is 0.467. The number of benzene rings is 1. The molecule has 0 bridgehead atoms. The van der Waals surface area contributed by atoms with Gasteiger partial charge in [-0.3, -0.25) is 9.11 Å². The fraction of sp³-hybridized carbons (Fsp3) is 0. The second kappa shape index (κ2) is 4.69. The summed E-state index contributed by atoms with van der Waals surface area (Å²) in [6.07, 6.45) is 0. The van der Waals surface area contributed by atoms with Crippen molar-refractivity contribution < 1.29 is 37.2 Å². The molecule has 1 aromatic carbocycles. The van der Waals surface area contributed by atoms with Gasteiger partial charge >= 0.3 is 19.8 Å². The normalized spacial score (nSPS) is 12.8. The highest BCUT2D eigenvalue weighted by Gasteiger charge is 2.26. The predicted molar refractivity (Wildman–Crippen MR) is 61.8 cm³/mol. The molecule has 0 spiro atoms. The highest BCUT2D eigenvalue weighted by Crippen LogP contribution is 2.35. The third-order valence-electron chi connectivity index (χ3n) is 1.72. The van der Waals surface area contributed by atoms with E-state index in [0.29, 0.717) is 6.07 Å². The molecule has 0 aliphatic carbocycles. The van der Waals surface area contributed by atoms with E-state index >= 15 is 0 Å². The Kier molecular flexibility index (Phi) is 3.97. The molecule has 3 N–H and O–H groups in total. The van der Waals surface area contributed by atoms with Crippen molar-refractivity contribution in [3.8, 4) is 5.75 Å². The topological polar surface area (TPSA) is 163 Å². The van der Waals surface area contributed by atoms with E-state index in [-0.39, 0.29) is 6.07 Å². The van der Waals surface area contributed by atoms with Crippen molar-refractivity contribution in [2.45, 2.75) is 9.79 Å². The van der Waals surface area contributed by atoms with Gasteiger partial charge in [-0.1, -0.05) is 0 Å². The van der Waals surface area contributed by atoms with Crippen LogP contribution in [0, 0.1) is 3.57 Å². The highest BCUT2D eigenvalue weighted by molar-refractivity contribution is 14.2. The van der Waals surface area contributed by atoms with Crippen LogP contribution in [0.25, 0.3) is 0 Å². The van der Waals surface area contributed by atoms with E-state index in [1.807, 2.05) is 0 Å². The lowest BCUT2D eigenvalue weighted by molar-refractivity contribution is 0.455. The first-order valence-corrected chi connectivity index (χ1v) is 9.54. The Morgan fingerprint density at radius 2 is 1.44 bits per heavy atom. The van der Waals surface area contributed by atoms with Crippen LogP contribution in [0.3, 0.4) is 0 Å². The Morgan fingerprint density at radius 1 is 0.944 bits per heavy atom. The van der Waals surface area contributed by atoms with Crippen LogP contribution in [0.5, 0.6) is 5.75 Å². The summed E-state index contributed by atoms with van der Waals surface area (Å²) >= 11 is -4.52.